The van der Waals surface area contributed by atoms with E-state index >= 15 is 0 Å². The van der Waals surface area contributed by atoms with Gasteiger partial charge in [0.1, 0.15) is 0 Å². The van der Waals surface area contributed by atoms with Crippen molar-refractivity contribution in [2.45, 2.75) is 80.1 Å². The maximum absolute atomic E-state index is 5.14. The van der Waals surface area contributed by atoms with E-state index in [4.69, 9.17) is 13.6 Å². The molecule has 0 aromatic carbocycles. The quantitative estimate of drug-likeness (QED) is 0.286. The van der Waals surface area contributed by atoms with Gasteiger partial charge in [0.05, 0.1) is 19.8 Å². The first-order valence-corrected chi connectivity index (χ1v) is 12.6. The summed E-state index contributed by atoms with van der Waals surface area (Å²) in [6, 6.07) is 0. The molecule has 0 aliphatic heterocycles. The van der Waals surface area contributed by atoms with E-state index < -0.39 is 8.60 Å². The van der Waals surface area contributed by atoms with Crippen LogP contribution in [0.25, 0.3) is 0 Å². The fraction of sp³-hybridized carbons (Fsp3) is 1.00. The molecule has 0 atom stereocenters. The Morgan fingerprint density at radius 2 is 0.826 bits per heavy atom. The molecule has 0 fully saturated rings. The molecule has 0 bridgehead atoms. The molecule has 0 spiro atoms. The number of unbranched alkanes of at least 4 members (excludes halogenated alkanes) is 3. The molecule has 0 heterocycles. The second-order valence-electron chi connectivity index (χ2n) is 5.38. The lowest BCUT2D eigenvalue weighted by molar-refractivity contribution is 0.176. The summed E-state index contributed by atoms with van der Waals surface area (Å²) in [5.41, 5.74) is 0. The Labute approximate surface area is 149 Å². The van der Waals surface area contributed by atoms with Gasteiger partial charge in [0, 0.05) is 0 Å². The zero-order valence-electron chi connectivity index (χ0n) is 16.6. The van der Waals surface area contributed by atoms with Gasteiger partial charge in [-0.05, 0) is 58.5 Å². The average Bonchev–Trinajstić information content (AvgIpc) is 2.55. The first-order chi connectivity index (χ1) is 11.2. The van der Waals surface area contributed by atoms with E-state index in [1.165, 1.54) is 38.5 Å². The molecule has 0 radical (unpaired) electrons. The molecule has 0 aliphatic carbocycles. The van der Waals surface area contributed by atoms with Crippen LogP contribution in [0.3, 0.4) is 0 Å². The van der Waals surface area contributed by atoms with E-state index in [2.05, 4.69) is 20.8 Å². The summed E-state index contributed by atoms with van der Waals surface area (Å²) in [6.45, 7) is 14.6. The summed E-state index contributed by atoms with van der Waals surface area (Å²) >= 11 is 0. The van der Waals surface area contributed by atoms with Crippen LogP contribution in [0.15, 0.2) is 0 Å². The molecular formula is C18H42O3P2. The molecule has 5 heteroatoms. The van der Waals surface area contributed by atoms with Gasteiger partial charge in [-0.1, -0.05) is 40.0 Å². The molecule has 142 valence electrons. The minimum Gasteiger partial charge on any atom is -0.313 e. The smallest absolute Gasteiger partial charge is 0.313 e. The van der Waals surface area contributed by atoms with Gasteiger partial charge >= 0.3 is 8.60 Å². The van der Waals surface area contributed by atoms with E-state index in [1.54, 1.807) is 18.5 Å². The van der Waals surface area contributed by atoms with E-state index in [1.807, 2.05) is 20.8 Å². The zero-order chi connectivity index (χ0) is 17.8. The predicted octanol–water partition coefficient (Wildman–Crippen LogP) is 7.19. The summed E-state index contributed by atoms with van der Waals surface area (Å²) < 4.78 is 15.4. The molecular weight excluding hydrogens is 326 g/mol. The van der Waals surface area contributed by atoms with Crippen LogP contribution in [0.5, 0.6) is 0 Å². The Morgan fingerprint density at radius 3 is 1.04 bits per heavy atom. The summed E-state index contributed by atoms with van der Waals surface area (Å²) in [4.78, 5) is 0. The molecule has 0 saturated carbocycles. The third-order valence-corrected chi connectivity index (χ3v) is 7.44. The summed E-state index contributed by atoms with van der Waals surface area (Å²) in [5, 5.41) is 0. The zero-order valence-corrected chi connectivity index (χ0v) is 18.4. The van der Waals surface area contributed by atoms with Gasteiger partial charge in [-0.25, -0.2) is 0 Å². The topological polar surface area (TPSA) is 27.7 Å². The average molecular weight is 368 g/mol. The molecule has 23 heavy (non-hydrogen) atoms. The van der Waals surface area contributed by atoms with Crippen molar-refractivity contribution in [1.82, 2.24) is 0 Å². The minimum absolute atomic E-state index is 0.422. The fourth-order valence-electron chi connectivity index (χ4n) is 1.91. The Balaban J connectivity index is 0. The van der Waals surface area contributed by atoms with Crippen LogP contribution in [-0.4, -0.2) is 38.3 Å². The lowest BCUT2D eigenvalue weighted by atomic mass is 10.4. The Bertz CT molecular complexity index is 173. The number of hydrogen-bond donors (Lipinski definition) is 0. The van der Waals surface area contributed by atoms with Gasteiger partial charge in [0.2, 0.25) is 0 Å². The fourth-order valence-corrected chi connectivity index (χ4v) is 5.73. The molecule has 0 aliphatic rings. The molecule has 0 aromatic heterocycles. The minimum atomic E-state index is -1.06. The number of rotatable bonds is 15. The third-order valence-electron chi connectivity index (χ3n) is 3.19. The summed E-state index contributed by atoms with van der Waals surface area (Å²) in [6.07, 6.45) is 13.2. The highest BCUT2D eigenvalue weighted by atomic mass is 31.2. The van der Waals surface area contributed by atoms with Crippen LogP contribution in [0.1, 0.15) is 80.1 Å². The second kappa shape index (κ2) is 22.7. The molecule has 0 aromatic rings. The standard InChI is InChI=1S/C12H27P.C6H15O3P/c1-4-7-10-13(11-8-5-2)12-9-6-3;1-4-7-10(8-5-2)9-6-3/h4-12H2,1-3H3;4-6H2,1-3H3. The second-order valence-corrected chi connectivity index (χ2v) is 9.28. The van der Waals surface area contributed by atoms with Crippen LogP contribution in [-0.2, 0) is 13.6 Å². The van der Waals surface area contributed by atoms with E-state index in [0.29, 0.717) is 27.7 Å². The molecule has 0 amide bonds. The van der Waals surface area contributed by atoms with Gasteiger partial charge in [-0.3, -0.25) is 0 Å². The van der Waals surface area contributed by atoms with Crippen molar-refractivity contribution in [2.75, 3.05) is 38.3 Å². The van der Waals surface area contributed by atoms with Gasteiger partial charge in [-0.2, -0.15) is 0 Å². The van der Waals surface area contributed by atoms with Crippen molar-refractivity contribution in [1.29, 1.82) is 0 Å². The Kier molecular flexibility index (Phi) is 25.7. The molecule has 0 rings (SSSR count). The van der Waals surface area contributed by atoms with Gasteiger partial charge in [0.25, 0.3) is 0 Å². The molecule has 3 nitrogen and oxygen atoms in total. The first kappa shape index (κ1) is 26.0. The molecule has 0 saturated heterocycles. The Hall–Kier alpha value is 0.740. The normalized spacial score (nSPS) is 11.0. The summed E-state index contributed by atoms with van der Waals surface area (Å²) in [5.74, 6) is 0. The lowest BCUT2D eigenvalue weighted by Crippen LogP contribution is -1.95. The van der Waals surface area contributed by atoms with Crippen molar-refractivity contribution in [3.8, 4) is 0 Å². The van der Waals surface area contributed by atoms with Crippen LogP contribution in [0, 0.1) is 0 Å². The van der Waals surface area contributed by atoms with Crippen molar-refractivity contribution in [3.05, 3.63) is 0 Å². The monoisotopic (exact) mass is 368 g/mol. The first-order valence-electron chi connectivity index (χ1n) is 9.61. The number of hydrogen-bond acceptors (Lipinski definition) is 3. The van der Waals surface area contributed by atoms with Crippen molar-refractivity contribution < 1.29 is 13.6 Å². The highest BCUT2D eigenvalue weighted by Crippen LogP contribution is 2.39. The van der Waals surface area contributed by atoms with E-state index in [-0.39, 0.29) is 0 Å². The van der Waals surface area contributed by atoms with Crippen LogP contribution < -0.4 is 0 Å². The maximum atomic E-state index is 5.14. The largest absolute Gasteiger partial charge is 0.332 e. The van der Waals surface area contributed by atoms with Crippen LogP contribution >= 0.6 is 16.5 Å². The highest BCUT2D eigenvalue weighted by Gasteiger charge is 2.07. The highest BCUT2D eigenvalue weighted by molar-refractivity contribution is 7.57. The van der Waals surface area contributed by atoms with Crippen molar-refractivity contribution >= 4 is 16.5 Å². The molecule has 0 N–H and O–H groups in total. The van der Waals surface area contributed by atoms with Crippen molar-refractivity contribution in [2.24, 2.45) is 0 Å². The van der Waals surface area contributed by atoms with E-state index in [0.717, 1.165) is 0 Å². The summed E-state index contributed by atoms with van der Waals surface area (Å²) in [7, 11) is -0.639. The lowest BCUT2D eigenvalue weighted by Gasteiger charge is -2.16. The van der Waals surface area contributed by atoms with Gasteiger partial charge < -0.3 is 13.6 Å². The van der Waals surface area contributed by atoms with Crippen LogP contribution in [0.2, 0.25) is 0 Å². The Morgan fingerprint density at radius 1 is 0.522 bits per heavy atom. The van der Waals surface area contributed by atoms with Gasteiger partial charge in [-0.15, -0.1) is 7.92 Å². The molecule has 0 unspecified atom stereocenters. The van der Waals surface area contributed by atoms with Crippen LogP contribution in [0.4, 0.5) is 0 Å². The van der Waals surface area contributed by atoms with E-state index in [9.17, 15) is 0 Å². The third kappa shape index (κ3) is 20.7. The predicted molar refractivity (Wildman–Crippen MR) is 108 cm³/mol. The van der Waals surface area contributed by atoms with Crippen molar-refractivity contribution in [3.63, 3.8) is 0 Å². The van der Waals surface area contributed by atoms with Gasteiger partial charge in [0.15, 0.2) is 0 Å². The maximum Gasteiger partial charge on any atom is 0.332 e. The SMILES string of the molecule is CCCCP(CCCC)CCCC.CCOP(OCC)OCC.